The highest BCUT2D eigenvalue weighted by atomic mass is 19.4. The molecule has 1 unspecified atom stereocenters. The summed E-state index contributed by atoms with van der Waals surface area (Å²) in [6.45, 7) is 3.11. The van der Waals surface area contributed by atoms with Gasteiger partial charge in [0, 0.05) is 18.8 Å². The van der Waals surface area contributed by atoms with Gasteiger partial charge in [0.05, 0.1) is 17.3 Å². The highest BCUT2D eigenvalue weighted by Crippen LogP contribution is 2.33. The maximum atomic E-state index is 13.4. The zero-order chi connectivity index (χ0) is 22.9. The minimum absolute atomic E-state index is 0.146. The predicted octanol–water partition coefficient (Wildman–Crippen LogP) is 4.53. The number of rotatable bonds is 4. The Hall–Kier alpha value is -3.49. The fourth-order valence-electron chi connectivity index (χ4n) is 3.15. The van der Waals surface area contributed by atoms with E-state index in [2.05, 4.69) is 5.10 Å². The molecule has 0 saturated carbocycles. The minimum Gasteiger partial charge on any atom is -0.333 e. The third-order valence-corrected chi connectivity index (χ3v) is 5.00. The Bertz CT molecular complexity index is 1170. The molecule has 9 heteroatoms. The molecule has 1 atom stereocenters. The van der Waals surface area contributed by atoms with E-state index in [0.717, 1.165) is 16.8 Å². The molecular formula is C22H19F4N3O2. The Morgan fingerprint density at radius 2 is 1.71 bits per heavy atom. The van der Waals surface area contributed by atoms with Gasteiger partial charge in [-0.15, -0.1) is 0 Å². The monoisotopic (exact) mass is 433 g/mol. The number of carbonyl (C=O) groups is 1. The fraction of sp³-hybridized carbons (Fsp3) is 0.227. The zero-order valence-electron chi connectivity index (χ0n) is 16.9. The van der Waals surface area contributed by atoms with Crippen LogP contribution in [0.5, 0.6) is 0 Å². The van der Waals surface area contributed by atoms with Crippen LogP contribution in [-0.2, 0) is 6.18 Å². The van der Waals surface area contributed by atoms with Gasteiger partial charge in [0.15, 0.2) is 5.69 Å². The van der Waals surface area contributed by atoms with Gasteiger partial charge in [-0.1, -0.05) is 24.3 Å². The van der Waals surface area contributed by atoms with E-state index in [1.54, 1.807) is 6.92 Å². The molecular weight excluding hydrogens is 414 g/mol. The topological polar surface area (TPSA) is 55.2 Å². The first-order chi connectivity index (χ1) is 14.5. The van der Waals surface area contributed by atoms with Crippen LogP contribution in [0.2, 0.25) is 0 Å². The van der Waals surface area contributed by atoms with Crippen molar-refractivity contribution in [1.29, 1.82) is 0 Å². The second-order valence-corrected chi connectivity index (χ2v) is 7.07. The number of nitrogens with zero attached hydrogens (tertiary/aromatic N) is 3. The molecule has 1 aromatic heterocycles. The summed E-state index contributed by atoms with van der Waals surface area (Å²) < 4.78 is 54.5. The summed E-state index contributed by atoms with van der Waals surface area (Å²) in [4.78, 5) is 26.7. The molecule has 0 aliphatic rings. The smallest absolute Gasteiger partial charge is 0.333 e. The maximum absolute atomic E-state index is 13.4. The number of aryl methyl sites for hydroxylation is 1. The first kappa shape index (κ1) is 22.2. The Balaban J connectivity index is 2.05. The van der Waals surface area contributed by atoms with E-state index in [1.807, 2.05) is 0 Å². The average Bonchev–Trinajstić information content (AvgIpc) is 2.72. The van der Waals surface area contributed by atoms with Gasteiger partial charge in [-0.3, -0.25) is 9.59 Å². The van der Waals surface area contributed by atoms with Crippen LogP contribution in [0.3, 0.4) is 0 Å². The molecule has 3 rings (SSSR count). The zero-order valence-corrected chi connectivity index (χ0v) is 16.9. The molecule has 3 aromatic rings. The lowest BCUT2D eigenvalue weighted by Crippen LogP contribution is -2.35. The van der Waals surface area contributed by atoms with Gasteiger partial charge in [-0.2, -0.15) is 18.3 Å². The van der Waals surface area contributed by atoms with E-state index in [9.17, 15) is 27.2 Å². The normalized spacial score (nSPS) is 12.5. The summed E-state index contributed by atoms with van der Waals surface area (Å²) in [5.74, 6) is -1.20. The van der Waals surface area contributed by atoms with Crippen molar-refractivity contribution >= 4 is 5.91 Å². The molecule has 1 heterocycles. The summed E-state index contributed by atoms with van der Waals surface area (Å²) in [6.07, 6.45) is -4.65. The van der Waals surface area contributed by atoms with Gasteiger partial charge < -0.3 is 4.90 Å². The lowest BCUT2D eigenvalue weighted by Gasteiger charge is -2.25. The van der Waals surface area contributed by atoms with Crippen LogP contribution in [0.25, 0.3) is 5.69 Å². The molecule has 0 spiro atoms. The lowest BCUT2D eigenvalue weighted by atomic mass is 10.1. The Morgan fingerprint density at radius 1 is 1.10 bits per heavy atom. The van der Waals surface area contributed by atoms with Crippen LogP contribution in [0.1, 0.15) is 40.3 Å². The van der Waals surface area contributed by atoms with Crippen molar-refractivity contribution < 1.29 is 22.4 Å². The molecule has 0 N–H and O–H groups in total. The summed E-state index contributed by atoms with van der Waals surface area (Å²) in [5.41, 5.74) is -1.70. The summed E-state index contributed by atoms with van der Waals surface area (Å²) in [6, 6.07) is 10.8. The molecule has 0 bridgehead atoms. The first-order valence-electron chi connectivity index (χ1n) is 9.31. The van der Waals surface area contributed by atoms with E-state index in [-0.39, 0.29) is 11.4 Å². The molecule has 0 aliphatic carbocycles. The second kappa shape index (κ2) is 8.33. The Labute approximate surface area is 175 Å². The molecule has 0 aliphatic heterocycles. The summed E-state index contributed by atoms with van der Waals surface area (Å²) in [5, 5.41) is 3.98. The third kappa shape index (κ3) is 4.50. The van der Waals surface area contributed by atoms with Gasteiger partial charge >= 0.3 is 6.18 Å². The van der Waals surface area contributed by atoms with Gasteiger partial charge in [-0.25, -0.2) is 9.07 Å². The van der Waals surface area contributed by atoms with Crippen LogP contribution >= 0.6 is 0 Å². The summed E-state index contributed by atoms with van der Waals surface area (Å²) >= 11 is 0. The van der Waals surface area contributed by atoms with Gasteiger partial charge in [0.2, 0.25) is 5.43 Å². The van der Waals surface area contributed by atoms with Crippen molar-refractivity contribution in [3.63, 3.8) is 0 Å². The molecule has 0 radical (unpaired) electrons. The number of amides is 1. The number of carbonyl (C=O) groups excluding carboxylic acids is 1. The minimum atomic E-state index is -4.65. The Morgan fingerprint density at radius 3 is 2.32 bits per heavy atom. The van der Waals surface area contributed by atoms with E-state index in [4.69, 9.17) is 0 Å². The van der Waals surface area contributed by atoms with Crippen LogP contribution in [0.15, 0.2) is 59.4 Å². The highest BCUT2D eigenvalue weighted by molar-refractivity contribution is 5.92. The van der Waals surface area contributed by atoms with Crippen LogP contribution < -0.4 is 5.43 Å². The molecule has 31 heavy (non-hydrogen) atoms. The second-order valence-electron chi connectivity index (χ2n) is 7.07. The van der Waals surface area contributed by atoms with Crippen molar-refractivity contribution in [1.82, 2.24) is 14.7 Å². The molecule has 0 saturated heterocycles. The van der Waals surface area contributed by atoms with Crippen molar-refractivity contribution in [2.75, 3.05) is 7.05 Å². The molecule has 1 amide bonds. The SMILES string of the molecule is Cc1cc(=O)c(C(=O)N(C)C(C)c2ccc(F)cc2)nn1-c1ccccc1C(F)(F)F. The molecule has 2 aromatic carbocycles. The van der Waals surface area contributed by atoms with E-state index in [1.165, 1.54) is 61.3 Å². The standard InChI is InChI=1S/C22H19F4N3O2/c1-13-12-19(30)20(21(31)28(3)14(2)15-8-10-16(23)11-9-15)27-29(13)18-7-5-4-6-17(18)22(24,25)26/h4-12,14H,1-3H3. The molecule has 162 valence electrons. The van der Waals surface area contributed by atoms with Crippen LogP contribution in [-0.4, -0.2) is 27.6 Å². The molecule has 0 fully saturated rings. The number of halogens is 4. The number of benzene rings is 2. The molecule has 5 nitrogen and oxygen atoms in total. The largest absolute Gasteiger partial charge is 0.418 e. The predicted molar refractivity (Wildman–Crippen MR) is 106 cm³/mol. The van der Waals surface area contributed by atoms with Crippen molar-refractivity contribution in [3.8, 4) is 5.69 Å². The van der Waals surface area contributed by atoms with Gasteiger partial charge in [0.25, 0.3) is 5.91 Å². The van der Waals surface area contributed by atoms with Crippen LogP contribution in [0.4, 0.5) is 17.6 Å². The van der Waals surface area contributed by atoms with E-state index < -0.39 is 40.6 Å². The number of hydrogen-bond donors (Lipinski definition) is 0. The van der Waals surface area contributed by atoms with Crippen LogP contribution in [0, 0.1) is 12.7 Å². The highest BCUT2D eigenvalue weighted by Gasteiger charge is 2.34. The summed E-state index contributed by atoms with van der Waals surface area (Å²) in [7, 11) is 1.44. The lowest BCUT2D eigenvalue weighted by molar-refractivity contribution is -0.137. The van der Waals surface area contributed by atoms with E-state index >= 15 is 0 Å². The van der Waals surface area contributed by atoms with Crippen molar-refractivity contribution in [3.05, 3.63) is 93.2 Å². The quantitative estimate of drug-likeness (QED) is 0.568. The number of para-hydroxylation sites is 1. The maximum Gasteiger partial charge on any atom is 0.418 e. The van der Waals surface area contributed by atoms with Gasteiger partial charge in [0.1, 0.15) is 5.82 Å². The fourth-order valence-corrected chi connectivity index (χ4v) is 3.15. The van der Waals surface area contributed by atoms with Crippen molar-refractivity contribution in [2.24, 2.45) is 0 Å². The van der Waals surface area contributed by atoms with Crippen molar-refractivity contribution in [2.45, 2.75) is 26.1 Å². The first-order valence-corrected chi connectivity index (χ1v) is 9.31. The Kier molecular flexibility index (Phi) is 5.97. The number of hydrogen-bond acceptors (Lipinski definition) is 3. The van der Waals surface area contributed by atoms with E-state index in [0.29, 0.717) is 5.56 Å². The average molecular weight is 433 g/mol. The number of alkyl halides is 3. The van der Waals surface area contributed by atoms with Gasteiger partial charge in [-0.05, 0) is 43.7 Å². The third-order valence-electron chi connectivity index (χ3n) is 5.00. The number of aromatic nitrogens is 2.